The van der Waals surface area contributed by atoms with Crippen molar-refractivity contribution in [2.45, 2.75) is 38.8 Å². The van der Waals surface area contributed by atoms with Crippen molar-refractivity contribution in [1.29, 1.82) is 0 Å². The SMILES string of the molecule is CN(CCNC(=O)OC(C)(C)C)C1CCNC1.Cl.Cl. The fourth-order valence-electron chi connectivity index (χ4n) is 1.85. The predicted molar refractivity (Wildman–Crippen MR) is 82.6 cm³/mol. The summed E-state index contributed by atoms with van der Waals surface area (Å²) in [7, 11) is 2.09. The van der Waals surface area contributed by atoms with Gasteiger partial charge in [0.1, 0.15) is 5.60 Å². The summed E-state index contributed by atoms with van der Waals surface area (Å²) in [5.41, 5.74) is -0.425. The van der Waals surface area contributed by atoms with E-state index in [0.29, 0.717) is 12.6 Å². The minimum absolute atomic E-state index is 0. The van der Waals surface area contributed by atoms with Crippen molar-refractivity contribution in [3.8, 4) is 0 Å². The Bertz CT molecular complexity index is 254. The Kier molecular flexibility index (Phi) is 10.7. The fourth-order valence-corrected chi connectivity index (χ4v) is 1.85. The highest BCUT2D eigenvalue weighted by molar-refractivity contribution is 5.85. The summed E-state index contributed by atoms with van der Waals surface area (Å²) >= 11 is 0. The molecule has 1 aliphatic heterocycles. The molecule has 19 heavy (non-hydrogen) atoms. The maximum Gasteiger partial charge on any atom is 0.407 e. The number of halogens is 2. The summed E-state index contributed by atoms with van der Waals surface area (Å²) < 4.78 is 5.16. The van der Waals surface area contributed by atoms with E-state index in [1.165, 1.54) is 6.42 Å². The Labute approximate surface area is 128 Å². The number of carbonyl (C=O) groups is 1. The number of hydrogen-bond acceptors (Lipinski definition) is 4. The predicted octanol–water partition coefficient (Wildman–Crippen LogP) is 1.65. The third-order valence-electron chi connectivity index (χ3n) is 2.79. The molecule has 1 amide bonds. The average molecular weight is 316 g/mol. The highest BCUT2D eigenvalue weighted by Gasteiger charge is 2.19. The van der Waals surface area contributed by atoms with Crippen LogP contribution in [0.25, 0.3) is 0 Å². The van der Waals surface area contributed by atoms with Gasteiger partial charge in [0.05, 0.1) is 0 Å². The lowest BCUT2D eigenvalue weighted by atomic mass is 10.2. The minimum atomic E-state index is -0.425. The molecule has 0 aromatic heterocycles. The molecule has 1 saturated heterocycles. The molecule has 2 N–H and O–H groups in total. The second-order valence-electron chi connectivity index (χ2n) is 5.56. The molecule has 116 valence electrons. The molecule has 1 aliphatic rings. The molecule has 1 unspecified atom stereocenters. The molecule has 1 heterocycles. The van der Waals surface area contributed by atoms with Crippen molar-refractivity contribution >= 4 is 30.9 Å². The second-order valence-corrected chi connectivity index (χ2v) is 5.56. The fraction of sp³-hybridized carbons (Fsp3) is 0.917. The van der Waals surface area contributed by atoms with Gasteiger partial charge in [0, 0.05) is 25.7 Å². The molecular formula is C12H27Cl2N3O2. The van der Waals surface area contributed by atoms with Gasteiger partial charge >= 0.3 is 6.09 Å². The standard InChI is InChI=1S/C12H25N3O2.2ClH/c1-12(2,3)17-11(16)14-7-8-15(4)10-5-6-13-9-10;;/h10,13H,5-9H2,1-4H3,(H,14,16);2*1H. The monoisotopic (exact) mass is 315 g/mol. The molecule has 0 radical (unpaired) electrons. The van der Waals surface area contributed by atoms with Gasteiger partial charge in [-0.3, -0.25) is 0 Å². The van der Waals surface area contributed by atoms with Crippen LogP contribution in [0, 0.1) is 0 Å². The number of amides is 1. The van der Waals surface area contributed by atoms with E-state index in [9.17, 15) is 4.79 Å². The zero-order valence-electron chi connectivity index (χ0n) is 12.2. The Morgan fingerprint density at radius 1 is 1.42 bits per heavy atom. The Balaban J connectivity index is 0. The van der Waals surface area contributed by atoms with E-state index in [1.54, 1.807) is 0 Å². The molecule has 1 atom stereocenters. The first-order valence-electron chi connectivity index (χ1n) is 6.26. The van der Waals surface area contributed by atoms with E-state index in [1.807, 2.05) is 20.8 Å². The number of carbonyl (C=O) groups excluding carboxylic acids is 1. The van der Waals surface area contributed by atoms with Crippen LogP contribution in [0.2, 0.25) is 0 Å². The van der Waals surface area contributed by atoms with Crippen LogP contribution in [0.1, 0.15) is 27.2 Å². The summed E-state index contributed by atoms with van der Waals surface area (Å²) in [6.45, 7) is 9.21. The Morgan fingerprint density at radius 2 is 2.05 bits per heavy atom. The lowest BCUT2D eigenvalue weighted by Crippen LogP contribution is -2.41. The van der Waals surface area contributed by atoms with Gasteiger partial charge in [0.25, 0.3) is 0 Å². The number of ether oxygens (including phenoxy) is 1. The van der Waals surface area contributed by atoms with Crippen LogP contribution in [0.3, 0.4) is 0 Å². The van der Waals surface area contributed by atoms with E-state index in [4.69, 9.17) is 4.74 Å². The first-order valence-corrected chi connectivity index (χ1v) is 6.26. The van der Waals surface area contributed by atoms with Crippen molar-refractivity contribution < 1.29 is 9.53 Å². The maximum absolute atomic E-state index is 11.4. The third-order valence-corrected chi connectivity index (χ3v) is 2.79. The largest absolute Gasteiger partial charge is 0.444 e. The Morgan fingerprint density at radius 3 is 2.53 bits per heavy atom. The molecule has 0 bridgehead atoms. The molecule has 0 aromatic carbocycles. The van der Waals surface area contributed by atoms with Crippen LogP contribution in [0.15, 0.2) is 0 Å². The van der Waals surface area contributed by atoms with Crippen molar-refractivity contribution in [3.05, 3.63) is 0 Å². The van der Waals surface area contributed by atoms with Crippen LogP contribution in [0.4, 0.5) is 4.79 Å². The summed E-state index contributed by atoms with van der Waals surface area (Å²) in [4.78, 5) is 13.7. The molecule has 1 rings (SSSR count). The molecule has 0 saturated carbocycles. The first kappa shape index (κ1) is 21.1. The average Bonchev–Trinajstić information content (AvgIpc) is 2.66. The number of hydrogen-bond donors (Lipinski definition) is 2. The molecule has 0 aromatic rings. The van der Waals surface area contributed by atoms with Gasteiger partial charge in [-0.2, -0.15) is 0 Å². The van der Waals surface area contributed by atoms with E-state index < -0.39 is 5.60 Å². The van der Waals surface area contributed by atoms with E-state index in [-0.39, 0.29) is 30.9 Å². The van der Waals surface area contributed by atoms with Crippen LogP contribution < -0.4 is 10.6 Å². The summed E-state index contributed by atoms with van der Waals surface area (Å²) in [6, 6.07) is 0.593. The van der Waals surface area contributed by atoms with Crippen LogP contribution in [-0.2, 0) is 4.74 Å². The first-order chi connectivity index (χ1) is 7.88. The Hall–Kier alpha value is -0.230. The number of nitrogens with zero attached hydrogens (tertiary/aromatic N) is 1. The zero-order chi connectivity index (χ0) is 12.9. The number of rotatable bonds is 4. The topological polar surface area (TPSA) is 53.6 Å². The van der Waals surface area contributed by atoms with Crippen molar-refractivity contribution in [2.24, 2.45) is 0 Å². The van der Waals surface area contributed by atoms with Crippen molar-refractivity contribution in [2.75, 3.05) is 33.2 Å². The van der Waals surface area contributed by atoms with Crippen LogP contribution in [0.5, 0.6) is 0 Å². The van der Waals surface area contributed by atoms with Gasteiger partial charge in [0.15, 0.2) is 0 Å². The highest BCUT2D eigenvalue weighted by atomic mass is 35.5. The lowest BCUT2D eigenvalue weighted by Gasteiger charge is -2.24. The van der Waals surface area contributed by atoms with Crippen LogP contribution >= 0.6 is 24.8 Å². The normalized spacial score (nSPS) is 18.5. The molecule has 0 spiro atoms. The van der Waals surface area contributed by atoms with Gasteiger partial charge in [-0.1, -0.05) is 0 Å². The minimum Gasteiger partial charge on any atom is -0.444 e. The molecular weight excluding hydrogens is 289 g/mol. The number of alkyl carbamates (subject to hydrolysis) is 1. The lowest BCUT2D eigenvalue weighted by molar-refractivity contribution is 0.0521. The van der Waals surface area contributed by atoms with Gasteiger partial charge in [-0.25, -0.2) is 4.79 Å². The van der Waals surface area contributed by atoms with E-state index in [2.05, 4.69) is 22.6 Å². The third kappa shape index (κ3) is 9.32. The van der Waals surface area contributed by atoms with Crippen molar-refractivity contribution in [3.63, 3.8) is 0 Å². The van der Waals surface area contributed by atoms with Gasteiger partial charge in [0.2, 0.25) is 0 Å². The highest BCUT2D eigenvalue weighted by Crippen LogP contribution is 2.07. The number of nitrogens with one attached hydrogen (secondary N) is 2. The van der Waals surface area contributed by atoms with Crippen LogP contribution in [-0.4, -0.2) is 55.9 Å². The number of likely N-dealkylation sites (N-methyl/N-ethyl adjacent to an activating group) is 1. The summed E-state index contributed by atoms with van der Waals surface area (Å²) in [6.07, 6.45) is 0.846. The molecule has 5 nitrogen and oxygen atoms in total. The van der Waals surface area contributed by atoms with Gasteiger partial charge in [-0.15, -0.1) is 24.8 Å². The smallest absolute Gasteiger partial charge is 0.407 e. The molecule has 0 aliphatic carbocycles. The van der Waals surface area contributed by atoms with E-state index >= 15 is 0 Å². The molecule has 1 fully saturated rings. The van der Waals surface area contributed by atoms with Gasteiger partial charge in [-0.05, 0) is 40.8 Å². The summed E-state index contributed by atoms with van der Waals surface area (Å²) in [5, 5.41) is 6.10. The summed E-state index contributed by atoms with van der Waals surface area (Å²) in [5.74, 6) is 0. The molecule has 7 heteroatoms. The van der Waals surface area contributed by atoms with Crippen molar-refractivity contribution in [1.82, 2.24) is 15.5 Å². The van der Waals surface area contributed by atoms with Gasteiger partial charge < -0.3 is 20.3 Å². The second kappa shape index (κ2) is 9.64. The maximum atomic E-state index is 11.4. The quantitative estimate of drug-likeness (QED) is 0.828. The van der Waals surface area contributed by atoms with E-state index in [0.717, 1.165) is 19.6 Å². The zero-order valence-corrected chi connectivity index (χ0v) is 13.8.